The van der Waals surface area contributed by atoms with Crippen LogP contribution in [0.1, 0.15) is 0 Å². The van der Waals surface area contributed by atoms with Gasteiger partial charge in [0.1, 0.15) is 0 Å². The molecule has 0 amide bonds. The van der Waals surface area contributed by atoms with Crippen molar-refractivity contribution in [1.82, 2.24) is 0 Å². The van der Waals surface area contributed by atoms with E-state index < -0.39 is 0 Å². The van der Waals surface area contributed by atoms with Crippen LogP contribution in [0, 0.1) is 0 Å². The molecule has 7 heavy (non-hydrogen) atoms. The van der Waals surface area contributed by atoms with E-state index in [1.807, 2.05) is 10.4 Å². The summed E-state index contributed by atoms with van der Waals surface area (Å²) in [6.07, 6.45) is 0. The van der Waals surface area contributed by atoms with E-state index in [1.165, 1.54) is 0 Å². The van der Waals surface area contributed by atoms with Crippen LogP contribution in [0.3, 0.4) is 0 Å². The van der Waals surface area contributed by atoms with Gasteiger partial charge in [-0.25, -0.2) is 0 Å². The Balaban J connectivity index is -0.0000000400. The molecule has 0 rings (SSSR count). The predicted octanol–water partition coefficient (Wildman–Crippen LogP) is -0.239. The van der Waals surface area contributed by atoms with E-state index in [0.29, 0.717) is 0 Å². The molecule has 0 aliphatic rings. The summed E-state index contributed by atoms with van der Waals surface area (Å²) >= 11 is 0. The zero-order valence-corrected chi connectivity index (χ0v) is 5.53. The SMILES string of the molecule is [N-]=NN.[N-]=NN.[Pt+2]. The summed E-state index contributed by atoms with van der Waals surface area (Å²) in [6.45, 7) is 0. The minimum Gasteiger partial charge on any atom is -0.427 e. The molecule has 0 aromatic heterocycles. The normalized spacial score (nSPS) is 3.43. The molecular formula is H4N6Pt. The van der Waals surface area contributed by atoms with Gasteiger partial charge in [-0.2, -0.15) is 0 Å². The molecule has 7 heteroatoms. The molecule has 0 saturated carbocycles. The Labute approximate surface area is 54.9 Å². The topological polar surface area (TPSA) is 121 Å². The quantitative estimate of drug-likeness (QED) is 0.362. The van der Waals surface area contributed by atoms with E-state index in [2.05, 4.69) is 11.7 Å². The molecule has 0 aliphatic heterocycles. The molecule has 0 fully saturated rings. The molecule has 0 bridgehead atoms. The van der Waals surface area contributed by atoms with Crippen LogP contribution in [-0.2, 0) is 21.1 Å². The van der Waals surface area contributed by atoms with Crippen LogP contribution in [0.2, 0.25) is 0 Å². The third-order valence-electron chi connectivity index (χ3n) is 0. The van der Waals surface area contributed by atoms with Crippen LogP contribution in [0.5, 0.6) is 0 Å². The molecule has 0 heterocycles. The van der Waals surface area contributed by atoms with Gasteiger partial charge >= 0.3 is 21.1 Å². The summed E-state index contributed by atoms with van der Waals surface area (Å²) in [7, 11) is 0. The second kappa shape index (κ2) is 49.9. The second-order valence-electron chi connectivity index (χ2n) is 0.231. The Bertz CT molecular complexity index is 25.2. The van der Waals surface area contributed by atoms with Crippen LogP contribution < -0.4 is 11.7 Å². The van der Waals surface area contributed by atoms with Crippen molar-refractivity contribution in [2.45, 2.75) is 0 Å². The van der Waals surface area contributed by atoms with Gasteiger partial charge in [-0.05, 0) is 0 Å². The average molecular weight is 283 g/mol. The van der Waals surface area contributed by atoms with E-state index in [-0.39, 0.29) is 21.1 Å². The Morgan fingerprint density at radius 1 is 1.00 bits per heavy atom. The Morgan fingerprint density at radius 2 is 1.00 bits per heavy atom. The Morgan fingerprint density at radius 3 is 1.00 bits per heavy atom. The van der Waals surface area contributed by atoms with E-state index >= 15 is 0 Å². The minimum atomic E-state index is 0. The summed E-state index contributed by atoms with van der Waals surface area (Å²) in [4.78, 5) is 0. The molecule has 0 aromatic rings. The molecule has 0 spiro atoms. The number of nitrogens with zero attached hydrogens (tertiary/aromatic N) is 4. The minimum absolute atomic E-state index is 0. The maximum absolute atomic E-state index is 6.97. The molecule has 0 saturated heterocycles. The van der Waals surface area contributed by atoms with Crippen molar-refractivity contribution in [1.29, 1.82) is 0 Å². The van der Waals surface area contributed by atoms with Crippen molar-refractivity contribution in [3.05, 3.63) is 11.1 Å². The fourth-order valence-electron chi connectivity index (χ4n) is 0. The molecular weight excluding hydrogens is 279 g/mol. The maximum Gasteiger partial charge on any atom is 2.00 e. The van der Waals surface area contributed by atoms with Crippen LogP contribution in [0.15, 0.2) is 10.4 Å². The van der Waals surface area contributed by atoms with Crippen molar-refractivity contribution in [2.24, 2.45) is 22.1 Å². The van der Waals surface area contributed by atoms with Gasteiger partial charge in [0.25, 0.3) is 0 Å². The zero-order chi connectivity index (χ0) is 5.41. The monoisotopic (exact) mass is 283 g/mol. The van der Waals surface area contributed by atoms with Gasteiger partial charge in [0, 0.05) is 0 Å². The number of hydrogen-bond acceptors (Lipinski definition) is 2. The molecule has 0 aromatic carbocycles. The number of hydrogen-bond donors (Lipinski definition) is 2. The molecule has 0 radical (unpaired) electrons. The first-order valence-electron chi connectivity index (χ1n) is 0.916. The fourth-order valence-corrected chi connectivity index (χ4v) is 0. The third-order valence-corrected chi connectivity index (χ3v) is 0. The first-order valence-corrected chi connectivity index (χ1v) is 0.916. The summed E-state index contributed by atoms with van der Waals surface area (Å²) in [5.74, 6) is 8.06. The first-order chi connectivity index (χ1) is 2.83. The van der Waals surface area contributed by atoms with E-state index in [1.54, 1.807) is 0 Å². The number of rotatable bonds is 0. The Hall–Kier alpha value is -0.512. The van der Waals surface area contributed by atoms with Gasteiger partial charge in [0.05, 0.1) is 0 Å². The van der Waals surface area contributed by atoms with Crippen molar-refractivity contribution >= 4 is 0 Å². The summed E-state index contributed by atoms with van der Waals surface area (Å²) in [5.41, 5.74) is 13.9. The third kappa shape index (κ3) is 255. The van der Waals surface area contributed by atoms with Crippen LogP contribution >= 0.6 is 0 Å². The Kier molecular flexibility index (Phi) is 115. The standard InChI is InChI=1S/2H2N3.Pt/c2*1-3-2;/h2*(H2-,1,2);/q2*-1;+2. The first kappa shape index (κ1) is 16.1. The maximum atomic E-state index is 6.97. The van der Waals surface area contributed by atoms with Gasteiger partial charge in [0.15, 0.2) is 0 Å². The molecule has 4 N–H and O–H groups in total. The summed E-state index contributed by atoms with van der Waals surface area (Å²) in [6, 6.07) is 0. The van der Waals surface area contributed by atoms with E-state index in [4.69, 9.17) is 11.1 Å². The van der Waals surface area contributed by atoms with Crippen LogP contribution in [-0.4, -0.2) is 0 Å². The zero-order valence-electron chi connectivity index (χ0n) is 3.26. The van der Waals surface area contributed by atoms with Crippen molar-refractivity contribution in [2.75, 3.05) is 0 Å². The van der Waals surface area contributed by atoms with E-state index in [9.17, 15) is 0 Å². The number of nitrogens with two attached hydrogens (primary N) is 2. The van der Waals surface area contributed by atoms with Crippen molar-refractivity contribution in [3.63, 3.8) is 0 Å². The largest absolute Gasteiger partial charge is 2.00 e. The van der Waals surface area contributed by atoms with Crippen molar-refractivity contribution in [3.8, 4) is 0 Å². The van der Waals surface area contributed by atoms with Gasteiger partial charge < -0.3 is 22.7 Å². The predicted molar refractivity (Wildman–Crippen MR) is 19.9 cm³/mol. The van der Waals surface area contributed by atoms with Crippen LogP contribution in [0.25, 0.3) is 11.1 Å². The molecule has 0 aliphatic carbocycles. The second-order valence-corrected chi connectivity index (χ2v) is 0.231. The molecule has 44 valence electrons. The van der Waals surface area contributed by atoms with Gasteiger partial charge in [-0.1, -0.05) is 0 Å². The fraction of sp³-hybridized carbons (Fsp3) is 0. The van der Waals surface area contributed by atoms with Gasteiger partial charge in [-0.15, -0.1) is 0 Å². The van der Waals surface area contributed by atoms with Gasteiger partial charge in [0.2, 0.25) is 0 Å². The van der Waals surface area contributed by atoms with Crippen LogP contribution in [0.4, 0.5) is 0 Å². The van der Waals surface area contributed by atoms with Gasteiger partial charge in [-0.3, -0.25) is 10.4 Å². The average Bonchev–Trinajstić information content (AvgIpc) is 1.39. The van der Waals surface area contributed by atoms with Crippen molar-refractivity contribution < 1.29 is 21.1 Å². The molecule has 0 atom stereocenters. The summed E-state index contributed by atoms with van der Waals surface area (Å²) < 4.78 is 0. The smallest absolute Gasteiger partial charge is 0.427 e. The summed E-state index contributed by atoms with van der Waals surface area (Å²) in [5, 5.41) is 4.00. The molecule has 6 nitrogen and oxygen atoms in total. The molecule has 0 unspecified atom stereocenters. The van der Waals surface area contributed by atoms with E-state index in [0.717, 1.165) is 0 Å².